The van der Waals surface area contributed by atoms with E-state index in [2.05, 4.69) is 182 Å². The summed E-state index contributed by atoms with van der Waals surface area (Å²) in [6, 6.07) is 64.7. The van der Waals surface area contributed by atoms with Crippen molar-refractivity contribution in [3.63, 3.8) is 0 Å². The number of rotatable bonds is 6. The summed E-state index contributed by atoms with van der Waals surface area (Å²) in [5.41, 5.74) is 7.05. The van der Waals surface area contributed by atoms with Crippen molar-refractivity contribution in [2.24, 2.45) is 0 Å². The smallest absolute Gasteiger partial charge is 0.179 e. The SMILES string of the molecule is CC1(C)c2ccccc2Sc2c1ccc1c3ccc([Si](c4ccccc4)(c4ccccc4)c4cccc(-c5ccccn5)c4)cc3n(-c3ccccn3)c21. The Kier molecular flexibility index (Phi) is 7.75. The second kappa shape index (κ2) is 12.8. The van der Waals surface area contributed by atoms with Gasteiger partial charge in [0.25, 0.3) is 0 Å². The molecule has 0 amide bonds. The highest BCUT2D eigenvalue weighted by Crippen LogP contribution is 2.52. The van der Waals surface area contributed by atoms with Crippen LogP contribution >= 0.6 is 11.8 Å². The largest absolute Gasteiger partial charge is 0.293 e. The summed E-state index contributed by atoms with van der Waals surface area (Å²) in [4.78, 5) is 12.4. The second-order valence-electron chi connectivity index (χ2n) is 14.6. The predicted molar refractivity (Wildman–Crippen MR) is 228 cm³/mol. The molecule has 0 saturated carbocycles. The summed E-state index contributed by atoms with van der Waals surface area (Å²) < 4.78 is 2.43. The Morgan fingerprint density at radius 3 is 1.89 bits per heavy atom. The van der Waals surface area contributed by atoms with Gasteiger partial charge in [-0.2, -0.15) is 0 Å². The maximum absolute atomic E-state index is 5.02. The fraction of sp³-hybridized carbons (Fsp3) is 0.0612. The van der Waals surface area contributed by atoms with Crippen molar-refractivity contribution in [3.05, 3.63) is 199 Å². The average molecular weight is 728 g/mol. The van der Waals surface area contributed by atoms with E-state index in [1.54, 1.807) is 0 Å². The van der Waals surface area contributed by atoms with Crippen LogP contribution in [0.2, 0.25) is 0 Å². The number of hydrogen-bond acceptors (Lipinski definition) is 3. The lowest BCUT2D eigenvalue weighted by Crippen LogP contribution is -2.74. The number of aromatic nitrogens is 3. The van der Waals surface area contributed by atoms with E-state index in [0.29, 0.717) is 0 Å². The van der Waals surface area contributed by atoms with E-state index in [1.807, 2.05) is 36.3 Å². The number of hydrogen-bond donors (Lipinski definition) is 0. The lowest BCUT2D eigenvalue weighted by Gasteiger charge is -2.35. The molecule has 5 heteroatoms. The fourth-order valence-electron chi connectivity index (χ4n) is 8.78. The van der Waals surface area contributed by atoms with Crippen LogP contribution in [0.4, 0.5) is 0 Å². The minimum Gasteiger partial charge on any atom is -0.293 e. The van der Waals surface area contributed by atoms with Gasteiger partial charge >= 0.3 is 0 Å². The van der Waals surface area contributed by atoms with Crippen molar-refractivity contribution in [2.75, 3.05) is 0 Å². The molecule has 0 spiro atoms. The van der Waals surface area contributed by atoms with Crippen molar-refractivity contribution in [3.8, 4) is 17.1 Å². The maximum Gasteiger partial charge on any atom is 0.179 e. The summed E-state index contributed by atoms with van der Waals surface area (Å²) in [7, 11) is -2.92. The van der Waals surface area contributed by atoms with E-state index in [4.69, 9.17) is 9.97 Å². The summed E-state index contributed by atoms with van der Waals surface area (Å²) in [6.45, 7) is 4.72. The molecule has 10 rings (SSSR count). The zero-order valence-electron chi connectivity index (χ0n) is 30.1. The molecule has 1 aliphatic heterocycles. The first-order valence-electron chi connectivity index (χ1n) is 18.5. The second-order valence-corrected chi connectivity index (χ2v) is 19.5. The van der Waals surface area contributed by atoms with Crippen LogP contribution in [-0.2, 0) is 5.41 Å². The molecule has 1 aliphatic rings. The molecule has 9 aromatic rings. The van der Waals surface area contributed by atoms with E-state index in [1.165, 1.54) is 58.0 Å². The van der Waals surface area contributed by atoms with Gasteiger partial charge in [-0.3, -0.25) is 9.55 Å². The molecule has 0 radical (unpaired) electrons. The topological polar surface area (TPSA) is 30.7 Å². The van der Waals surface area contributed by atoms with Crippen LogP contribution in [0.5, 0.6) is 0 Å². The van der Waals surface area contributed by atoms with Crippen molar-refractivity contribution in [1.29, 1.82) is 0 Å². The first kappa shape index (κ1) is 32.6. The number of fused-ring (bicyclic) bond motifs is 6. The molecule has 0 N–H and O–H groups in total. The predicted octanol–water partition coefficient (Wildman–Crippen LogP) is 9.41. The molecule has 6 aromatic carbocycles. The van der Waals surface area contributed by atoms with Gasteiger partial charge in [0.15, 0.2) is 8.07 Å². The molecule has 0 aliphatic carbocycles. The van der Waals surface area contributed by atoms with E-state index in [-0.39, 0.29) is 5.41 Å². The Balaban J connectivity index is 1.32. The minimum absolute atomic E-state index is 0.150. The number of benzene rings is 6. The summed E-state index contributed by atoms with van der Waals surface area (Å²) >= 11 is 1.89. The van der Waals surface area contributed by atoms with Gasteiger partial charge in [0, 0.05) is 43.9 Å². The monoisotopic (exact) mass is 727 g/mol. The Hall–Kier alpha value is -6.01. The van der Waals surface area contributed by atoms with Crippen LogP contribution in [0, 0.1) is 0 Å². The number of pyridine rings is 2. The van der Waals surface area contributed by atoms with Crippen LogP contribution in [0.3, 0.4) is 0 Å². The molecule has 3 nitrogen and oxygen atoms in total. The van der Waals surface area contributed by atoms with E-state index in [9.17, 15) is 0 Å². The van der Waals surface area contributed by atoms with E-state index in [0.717, 1.165) is 22.6 Å². The zero-order chi connectivity index (χ0) is 36.3. The van der Waals surface area contributed by atoms with Crippen molar-refractivity contribution >= 4 is 62.4 Å². The zero-order valence-corrected chi connectivity index (χ0v) is 32.0. The lowest BCUT2D eigenvalue weighted by atomic mass is 9.77. The third-order valence-electron chi connectivity index (χ3n) is 11.3. The van der Waals surface area contributed by atoms with Crippen molar-refractivity contribution in [1.82, 2.24) is 14.5 Å². The minimum atomic E-state index is -2.92. The molecule has 258 valence electrons. The summed E-state index contributed by atoms with van der Waals surface area (Å²) in [5, 5.41) is 7.77. The highest BCUT2D eigenvalue weighted by atomic mass is 32.2. The van der Waals surface area contributed by atoms with Gasteiger partial charge in [-0.1, -0.05) is 165 Å². The van der Waals surface area contributed by atoms with Gasteiger partial charge in [0.05, 0.1) is 16.7 Å². The lowest BCUT2D eigenvalue weighted by molar-refractivity contribution is 0.609. The Morgan fingerprint density at radius 2 is 1.17 bits per heavy atom. The molecule has 0 fully saturated rings. The van der Waals surface area contributed by atoms with E-state index >= 15 is 0 Å². The molecule has 0 bridgehead atoms. The van der Waals surface area contributed by atoms with Gasteiger partial charge in [-0.15, -0.1) is 0 Å². The molecular formula is C49H37N3SSi. The standard InChI is InChI=1S/C49H37N3SSi/c1-49(2)41-22-9-10-24-45(41)53-48-42(49)29-28-40-39-27-26-38(33-44(39)52(47(40)48)46-25-12-14-31-51-46)54(35-17-5-3-6-18-35,36-19-7-4-8-20-36)37-21-15-16-34(32-37)43-23-11-13-30-50-43/h3-33H,1-2H3. The van der Waals surface area contributed by atoms with Gasteiger partial charge in [-0.05, 0) is 68.3 Å². The van der Waals surface area contributed by atoms with Gasteiger partial charge < -0.3 is 0 Å². The fourth-order valence-corrected chi connectivity index (χ4v) is 15.1. The van der Waals surface area contributed by atoms with E-state index < -0.39 is 8.07 Å². The maximum atomic E-state index is 5.02. The molecule has 0 saturated heterocycles. The van der Waals surface area contributed by atoms with Crippen molar-refractivity contribution in [2.45, 2.75) is 29.1 Å². The Labute approximate surface area is 321 Å². The summed E-state index contributed by atoms with van der Waals surface area (Å²) in [6.07, 6.45) is 3.79. The highest BCUT2D eigenvalue weighted by Gasteiger charge is 2.42. The first-order chi connectivity index (χ1) is 26.5. The Morgan fingerprint density at radius 1 is 0.519 bits per heavy atom. The third-order valence-corrected chi connectivity index (χ3v) is 17.3. The molecular weight excluding hydrogens is 691 g/mol. The molecule has 0 atom stereocenters. The third kappa shape index (κ3) is 4.96. The van der Waals surface area contributed by atoms with Crippen molar-refractivity contribution < 1.29 is 0 Å². The summed E-state index contributed by atoms with van der Waals surface area (Å²) in [5.74, 6) is 0.921. The van der Waals surface area contributed by atoms with Gasteiger partial charge in [-0.25, -0.2) is 4.98 Å². The van der Waals surface area contributed by atoms with Crippen LogP contribution in [-0.4, -0.2) is 22.6 Å². The first-order valence-corrected chi connectivity index (χ1v) is 21.3. The van der Waals surface area contributed by atoms with Crippen LogP contribution < -0.4 is 20.7 Å². The van der Waals surface area contributed by atoms with Crippen LogP contribution in [0.1, 0.15) is 25.0 Å². The Bertz CT molecular complexity index is 2780. The van der Waals surface area contributed by atoms with Gasteiger partial charge in [0.2, 0.25) is 0 Å². The molecule has 0 unspecified atom stereocenters. The van der Waals surface area contributed by atoms with Crippen LogP contribution in [0.25, 0.3) is 38.9 Å². The van der Waals surface area contributed by atoms with Crippen LogP contribution in [0.15, 0.2) is 198 Å². The highest BCUT2D eigenvalue weighted by molar-refractivity contribution is 7.99. The normalized spacial score (nSPS) is 13.4. The molecule has 4 heterocycles. The average Bonchev–Trinajstić information content (AvgIpc) is 3.57. The number of nitrogens with zero attached hydrogens (tertiary/aromatic N) is 3. The van der Waals surface area contributed by atoms with Gasteiger partial charge in [0.1, 0.15) is 5.82 Å². The molecule has 3 aromatic heterocycles. The quantitative estimate of drug-likeness (QED) is 0.126. The molecule has 54 heavy (non-hydrogen) atoms.